The summed E-state index contributed by atoms with van der Waals surface area (Å²) in [5.41, 5.74) is -2.28. The molecule has 2 N–H and O–H groups in total. The maximum absolute atomic E-state index is 14.0. The van der Waals surface area contributed by atoms with Gasteiger partial charge in [0.25, 0.3) is 11.8 Å². The van der Waals surface area contributed by atoms with Crippen LogP contribution in [0.2, 0.25) is 0 Å². The van der Waals surface area contributed by atoms with E-state index in [1.165, 1.54) is 24.3 Å². The highest BCUT2D eigenvalue weighted by atomic mass is 32.2. The van der Waals surface area contributed by atoms with Crippen molar-refractivity contribution < 1.29 is 44.8 Å². The fourth-order valence-corrected chi connectivity index (χ4v) is 3.31. The predicted octanol–water partition coefficient (Wildman–Crippen LogP) is 5.32. The summed E-state index contributed by atoms with van der Waals surface area (Å²) in [6.45, 7) is -3.30. The van der Waals surface area contributed by atoms with Crippen molar-refractivity contribution in [2.45, 2.75) is 17.7 Å². The Morgan fingerprint density at radius 1 is 1.11 bits per heavy atom. The zero-order valence-corrected chi connectivity index (χ0v) is 18.2. The monoisotopic (exact) mass is 520 g/mol. The lowest BCUT2D eigenvalue weighted by molar-refractivity contribution is -0.141. The zero-order valence-electron chi connectivity index (χ0n) is 17.4. The van der Waals surface area contributed by atoms with Gasteiger partial charge in [0.1, 0.15) is 11.3 Å². The van der Waals surface area contributed by atoms with E-state index in [1.54, 1.807) is 0 Å². The van der Waals surface area contributed by atoms with Crippen molar-refractivity contribution in [2.24, 2.45) is 0 Å². The van der Waals surface area contributed by atoms with Crippen molar-refractivity contribution in [3.8, 4) is 17.4 Å². The van der Waals surface area contributed by atoms with E-state index in [-0.39, 0.29) is 10.6 Å². The molecule has 1 atom stereocenters. The lowest BCUT2D eigenvalue weighted by atomic mass is 10.2. The smallest absolute Gasteiger partial charge is 0.435 e. The molecule has 0 aliphatic carbocycles. The van der Waals surface area contributed by atoms with Crippen molar-refractivity contribution in [3.63, 3.8) is 0 Å². The maximum atomic E-state index is 14.0. The van der Waals surface area contributed by atoms with Crippen LogP contribution in [0.3, 0.4) is 0 Å². The van der Waals surface area contributed by atoms with E-state index in [4.69, 9.17) is 9.52 Å². The molecule has 0 aliphatic rings. The van der Waals surface area contributed by atoms with Crippen LogP contribution < -0.4 is 14.8 Å². The van der Waals surface area contributed by atoms with Gasteiger partial charge in [0.15, 0.2) is 17.3 Å². The van der Waals surface area contributed by atoms with E-state index in [1.807, 2.05) is 0 Å². The topological polar surface area (TPSA) is 114 Å². The number of anilines is 1. The van der Waals surface area contributed by atoms with E-state index in [2.05, 4.69) is 20.3 Å². The third-order valence-electron chi connectivity index (χ3n) is 4.17. The van der Waals surface area contributed by atoms with Gasteiger partial charge in [0, 0.05) is 22.9 Å². The molecule has 2 aromatic carbocycles. The number of carbonyl (C=O) groups excluding carboxylic acids is 1. The minimum absolute atomic E-state index is 0.00481. The van der Waals surface area contributed by atoms with Crippen LogP contribution >= 0.6 is 0 Å². The molecule has 15 heteroatoms. The minimum Gasteiger partial charge on any atom is -0.437 e. The Morgan fingerprint density at radius 3 is 2.43 bits per heavy atom. The molecule has 0 bridgehead atoms. The van der Waals surface area contributed by atoms with Gasteiger partial charge < -0.3 is 14.8 Å². The highest BCUT2D eigenvalue weighted by Gasteiger charge is 2.35. The predicted molar refractivity (Wildman–Crippen MR) is 110 cm³/mol. The Kier molecular flexibility index (Phi) is 7.19. The van der Waals surface area contributed by atoms with Crippen LogP contribution in [0, 0.1) is 10.6 Å². The Morgan fingerprint density at radius 2 is 1.83 bits per heavy atom. The first kappa shape index (κ1) is 25.7. The van der Waals surface area contributed by atoms with Gasteiger partial charge in [0.05, 0.1) is 9.73 Å². The molecule has 0 spiro atoms. The average molecular weight is 520 g/mol. The quantitative estimate of drug-likeness (QED) is 0.408. The highest BCUT2D eigenvalue weighted by Crippen LogP contribution is 2.32. The normalized spacial score (nSPS) is 13.3. The second kappa shape index (κ2) is 9.77. The van der Waals surface area contributed by atoms with Crippen LogP contribution in [-0.2, 0) is 15.9 Å². The Bertz CT molecular complexity index is 1370. The zero-order chi connectivity index (χ0) is 26.0. The third-order valence-corrected chi connectivity index (χ3v) is 5.32. The van der Waals surface area contributed by atoms with Gasteiger partial charge >= 0.3 is 12.8 Å². The number of hydrogen-bond donors (Lipinski definition) is 2. The van der Waals surface area contributed by atoms with E-state index in [0.717, 1.165) is 18.4 Å². The van der Waals surface area contributed by atoms with Crippen LogP contribution in [-0.4, -0.2) is 33.2 Å². The summed E-state index contributed by atoms with van der Waals surface area (Å²) in [6.07, 6.45) is -3.83. The van der Waals surface area contributed by atoms with Crippen LogP contribution in [0.15, 0.2) is 53.4 Å². The summed E-state index contributed by atoms with van der Waals surface area (Å²) >= 11 is 0. The number of ether oxygens (including phenoxy) is 2. The van der Waals surface area contributed by atoms with Crippen LogP contribution in [0.25, 0.3) is 0 Å². The van der Waals surface area contributed by atoms with E-state index in [9.17, 15) is 35.3 Å². The first-order valence-electron chi connectivity index (χ1n) is 9.26. The second-order valence-corrected chi connectivity index (χ2v) is 9.00. The van der Waals surface area contributed by atoms with Crippen molar-refractivity contribution >= 4 is 21.3 Å². The van der Waals surface area contributed by atoms with Gasteiger partial charge in [-0.2, -0.15) is 22.0 Å². The van der Waals surface area contributed by atoms with Crippen LogP contribution in [0.1, 0.15) is 16.1 Å². The van der Waals surface area contributed by atoms with Crippen molar-refractivity contribution in [1.29, 1.82) is 4.78 Å². The van der Waals surface area contributed by atoms with Gasteiger partial charge in [-0.15, -0.1) is 10.2 Å². The summed E-state index contributed by atoms with van der Waals surface area (Å²) in [7, 11) is -3.16. The van der Waals surface area contributed by atoms with Gasteiger partial charge in [-0.25, -0.2) is 13.4 Å². The van der Waals surface area contributed by atoms with Crippen LogP contribution in [0.4, 0.5) is 32.0 Å². The average Bonchev–Trinajstić information content (AvgIpc) is 2.74. The molecule has 0 radical (unpaired) electrons. The molecule has 0 saturated heterocycles. The lowest BCUT2D eigenvalue weighted by Gasteiger charge is -2.13. The third kappa shape index (κ3) is 6.59. The summed E-state index contributed by atoms with van der Waals surface area (Å²) < 4.78 is 107. The number of nitrogens with one attached hydrogen (secondary N) is 2. The van der Waals surface area contributed by atoms with Crippen molar-refractivity contribution in [1.82, 2.24) is 10.2 Å². The summed E-state index contributed by atoms with van der Waals surface area (Å²) in [6, 6.07) is 7.95. The molecule has 3 rings (SSSR count). The Labute approximate surface area is 193 Å². The molecule has 0 fully saturated rings. The maximum Gasteiger partial charge on any atom is 0.435 e. The summed E-state index contributed by atoms with van der Waals surface area (Å²) in [5.74, 6) is -4.40. The number of amides is 1. The van der Waals surface area contributed by atoms with Gasteiger partial charge in [-0.05, 0) is 36.4 Å². The number of carbonyl (C=O) groups is 1. The fourth-order valence-electron chi connectivity index (χ4n) is 2.62. The number of aromatic nitrogens is 2. The molecule has 1 amide bonds. The van der Waals surface area contributed by atoms with Crippen molar-refractivity contribution in [3.05, 3.63) is 65.6 Å². The molecule has 0 aliphatic heterocycles. The number of nitrogens with zero attached hydrogens (tertiary/aromatic N) is 2. The second-order valence-electron chi connectivity index (χ2n) is 6.84. The number of alkyl halides is 5. The summed E-state index contributed by atoms with van der Waals surface area (Å²) in [4.78, 5) is 12.8. The molecular formula is C20H14F6N4O4S. The van der Waals surface area contributed by atoms with Crippen LogP contribution in [0.5, 0.6) is 17.4 Å². The first-order chi connectivity index (χ1) is 16.2. The minimum atomic E-state index is -4.97. The molecule has 186 valence electrons. The molecule has 1 unspecified atom stereocenters. The molecule has 1 heterocycles. The van der Waals surface area contributed by atoms with E-state index >= 15 is 0 Å². The van der Waals surface area contributed by atoms with E-state index in [0.29, 0.717) is 12.1 Å². The first-order valence-corrected chi connectivity index (χ1v) is 11.2. The molecular weight excluding hydrogens is 506 g/mol. The van der Waals surface area contributed by atoms with Gasteiger partial charge in [-0.1, -0.05) is 6.07 Å². The number of benzene rings is 2. The van der Waals surface area contributed by atoms with E-state index < -0.39 is 62.9 Å². The van der Waals surface area contributed by atoms with Crippen molar-refractivity contribution in [2.75, 3.05) is 11.6 Å². The molecule has 35 heavy (non-hydrogen) atoms. The van der Waals surface area contributed by atoms with Gasteiger partial charge in [0.2, 0.25) is 0 Å². The largest absolute Gasteiger partial charge is 0.437 e. The Hall–Kier alpha value is -3.88. The SMILES string of the molecule is CS(=N)(=O)c1cccc(NC(=O)c2cc(C(F)(F)F)nnc2Oc2ccc(OC(F)F)c(F)c2)c1. The molecule has 0 saturated carbocycles. The molecule has 3 aromatic rings. The molecule has 8 nitrogen and oxygen atoms in total. The standard InChI is InChI=1S/C20H14F6N4O4S/c1-35(27,32)12-4-2-3-10(7-12)28-17(31)13-9-16(20(24,25)26)29-30-18(13)33-11-5-6-15(14(21)8-11)34-19(22)23/h2-9,19,27H,1H3,(H,28,31). The lowest BCUT2D eigenvalue weighted by Crippen LogP contribution is -2.18. The molecule has 1 aromatic heterocycles. The number of halogens is 6. The van der Waals surface area contributed by atoms with Gasteiger partial charge in [-0.3, -0.25) is 4.79 Å². The number of hydrogen-bond acceptors (Lipinski definition) is 7. The number of rotatable bonds is 7. The Balaban J connectivity index is 1.97. The summed E-state index contributed by atoms with van der Waals surface area (Å²) in [5, 5.41) is 8.50. The fraction of sp³-hybridized carbons (Fsp3) is 0.150. The highest BCUT2D eigenvalue weighted by molar-refractivity contribution is 7.91.